The number of halogens is 2. The van der Waals surface area contributed by atoms with Crippen LogP contribution in [0.15, 0.2) is 0 Å². The molecule has 0 aromatic heterocycles. The van der Waals surface area contributed by atoms with Crippen molar-refractivity contribution in [3.8, 4) is 0 Å². The van der Waals surface area contributed by atoms with Crippen molar-refractivity contribution >= 4 is 0 Å². The van der Waals surface area contributed by atoms with E-state index in [9.17, 15) is 8.78 Å². The topological polar surface area (TPSA) is 15.3 Å². The molecule has 4 heteroatoms. The monoisotopic (exact) mass is 194 g/mol. The molecule has 0 aromatic rings. The Morgan fingerprint density at radius 2 is 1.85 bits per heavy atom. The molecule has 0 aliphatic rings. The molecule has 0 heterocycles. The Balaban J connectivity index is 4.02. The molecule has 0 aromatic carbocycles. The SMILES string of the molecule is CNCC(C(C)C)N(C)CC(F)F. The molecule has 0 bridgehead atoms. The molecule has 0 aliphatic carbocycles. The summed E-state index contributed by atoms with van der Waals surface area (Å²) in [5, 5.41) is 3.02. The number of hydrogen-bond donors (Lipinski definition) is 1. The van der Waals surface area contributed by atoms with Crippen molar-refractivity contribution in [1.29, 1.82) is 0 Å². The van der Waals surface area contributed by atoms with Crippen LogP contribution in [0.1, 0.15) is 13.8 Å². The van der Waals surface area contributed by atoms with Gasteiger partial charge in [-0.1, -0.05) is 13.8 Å². The van der Waals surface area contributed by atoms with E-state index < -0.39 is 6.43 Å². The summed E-state index contributed by atoms with van der Waals surface area (Å²) >= 11 is 0. The Bertz CT molecular complexity index is 129. The Labute approximate surface area is 79.3 Å². The van der Waals surface area contributed by atoms with Crippen molar-refractivity contribution in [3.63, 3.8) is 0 Å². The molecule has 0 rings (SSSR count). The fourth-order valence-corrected chi connectivity index (χ4v) is 1.46. The molecule has 1 unspecified atom stereocenters. The Morgan fingerprint density at radius 3 is 2.15 bits per heavy atom. The van der Waals surface area contributed by atoms with Gasteiger partial charge in [-0.05, 0) is 20.0 Å². The number of nitrogens with one attached hydrogen (secondary N) is 1. The van der Waals surface area contributed by atoms with Crippen LogP contribution in [-0.4, -0.2) is 44.6 Å². The van der Waals surface area contributed by atoms with Crippen LogP contribution < -0.4 is 5.32 Å². The summed E-state index contributed by atoms with van der Waals surface area (Å²) in [5.74, 6) is 0.385. The highest BCUT2D eigenvalue weighted by Gasteiger charge is 2.20. The lowest BCUT2D eigenvalue weighted by Gasteiger charge is -2.30. The van der Waals surface area contributed by atoms with Crippen LogP contribution in [0.2, 0.25) is 0 Å². The second kappa shape index (κ2) is 6.27. The van der Waals surface area contributed by atoms with Crippen LogP contribution in [0.25, 0.3) is 0 Å². The Morgan fingerprint density at radius 1 is 1.31 bits per heavy atom. The van der Waals surface area contributed by atoms with Crippen molar-refractivity contribution in [2.24, 2.45) is 5.92 Å². The first-order valence-electron chi connectivity index (χ1n) is 4.62. The molecule has 0 fully saturated rings. The van der Waals surface area contributed by atoms with E-state index in [1.165, 1.54) is 0 Å². The normalized spacial score (nSPS) is 14.5. The molecule has 0 radical (unpaired) electrons. The number of likely N-dealkylation sites (N-methyl/N-ethyl adjacent to an activating group) is 2. The number of alkyl halides is 2. The zero-order chi connectivity index (χ0) is 10.4. The second-order valence-electron chi connectivity index (χ2n) is 3.70. The third-order valence-electron chi connectivity index (χ3n) is 2.17. The van der Waals surface area contributed by atoms with Crippen molar-refractivity contribution in [2.75, 3.05) is 27.2 Å². The van der Waals surface area contributed by atoms with Crippen molar-refractivity contribution in [1.82, 2.24) is 10.2 Å². The third kappa shape index (κ3) is 5.16. The first-order valence-corrected chi connectivity index (χ1v) is 4.62. The highest BCUT2D eigenvalue weighted by molar-refractivity contribution is 4.74. The second-order valence-corrected chi connectivity index (χ2v) is 3.70. The molecule has 80 valence electrons. The molecular formula is C9H20F2N2. The van der Waals surface area contributed by atoms with Gasteiger partial charge in [0.25, 0.3) is 6.43 Å². The van der Waals surface area contributed by atoms with Gasteiger partial charge in [0.2, 0.25) is 0 Å². The van der Waals surface area contributed by atoms with Crippen LogP contribution in [0, 0.1) is 5.92 Å². The van der Waals surface area contributed by atoms with Crippen LogP contribution in [0.3, 0.4) is 0 Å². The maximum absolute atomic E-state index is 12.1. The van der Waals surface area contributed by atoms with Gasteiger partial charge < -0.3 is 5.32 Å². The summed E-state index contributed by atoms with van der Waals surface area (Å²) in [5.41, 5.74) is 0. The summed E-state index contributed by atoms with van der Waals surface area (Å²) in [7, 11) is 3.58. The van der Waals surface area contributed by atoms with Crippen molar-refractivity contribution in [2.45, 2.75) is 26.3 Å². The first-order chi connectivity index (χ1) is 5.99. The fraction of sp³-hybridized carbons (Fsp3) is 1.00. The van der Waals surface area contributed by atoms with E-state index in [0.29, 0.717) is 5.92 Å². The summed E-state index contributed by atoms with van der Waals surface area (Å²) in [4.78, 5) is 1.71. The Kier molecular flexibility index (Phi) is 6.16. The van der Waals surface area contributed by atoms with E-state index in [4.69, 9.17) is 0 Å². The van der Waals surface area contributed by atoms with Crippen LogP contribution in [0.5, 0.6) is 0 Å². The van der Waals surface area contributed by atoms with Gasteiger partial charge in [0.1, 0.15) is 0 Å². The molecule has 2 nitrogen and oxygen atoms in total. The number of nitrogens with zero attached hydrogens (tertiary/aromatic N) is 1. The highest BCUT2D eigenvalue weighted by atomic mass is 19.3. The van der Waals surface area contributed by atoms with Gasteiger partial charge in [-0.25, -0.2) is 8.78 Å². The average Bonchev–Trinajstić information content (AvgIpc) is 1.97. The van der Waals surface area contributed by atoms with Crippen molar-refractivity contribution < 1.29 is 8.78 Å². The standard InChI is InChI=1S/C9H20F2N2/c1-7(2)8(5-12-3)13(4)6-9(10)11/h7-9,12H,5-6H2,1-4H3. The van der Waals surface area contributed by atoms with Crippen LogP contribution >= 0.6 is 0 Å². The minimum atomic E-state index is -2.25. The first kappa shape index (κ1) is 12.8. The minimum Gasteiger partial charge on any atom is -0.318 e. The lowest BCUT2D eigenvalue weighted by Crippen LogP contribution is -2.44. The summed E-state index contributed by atoms with van der Waals surface area (Å²) in [6.45, 7) is 4.69. The van der Waals surface area contributed by atoms with Crippen LogP contribution in [-0.2, 0) is 0 Å². The quantitative estimate of drug-likeness (QED) is 0.688. The van der Waals surface area contributed by atoms with Gasteiger partial charge in [0, 0.05) is 12.6 Å². The number of hydrogen-bond acceptors (Lipinski definition) is 2. The maximum atomic E-state index is 12.1. The van der Waals surface area contributed by atoms with E-state index in [2.05, 4.69) is 5.32 Å². The summed E-state index contributed by atoms with van der Waals surface area (Å²) in [6.07, 6.45) is -2.25. The molecule has 0 aliphatic heterocycles. The van der Waals surface area contributed by atoms with E-state index >= 15 is 0 Å². The smallest absolute Gasteiger partial charge is 0.251 e. The molecular weight excluding hydrogens is 174 g/mol. The molecule has 13 heavy (non-hydrogen) atoms. The van der Waals surface area contributed by atoms with Gasteiger partial charge in [-0.3, -0.25) is 4.90 Å². The molecule has 0 saturated carbocycles. The molecule has 0 spiro atoms. The van der Waals surface area contributed by atoms with Gasteiger partial charge in [-0.15, -0.1) is 0 Å². The fourth-order valence-electron chi connectivity index (χ4n) is 1.46. The molecule has 0 saturated heterocycles. The van der Waals surface area contributed by atoms with E-state index in [-0.39, 0.29) is 12.6 Å². The van der Waals surface area contributed by atoms with Gasteiger partial charge in [0.15, 0.2) is 0 Å². The van der Waals surface area contributed by atoms with E-state index in [1.807, 2.05) is 20.9 Å². The lowest BCUT2D eigenvalue weighted by atomic mass is 10.0. The Hall–Kier alpha value is -0.220. The van der Waals surface area contributed by atoms with Gasteiger partial charge >= 0.3 is 0 Å². The highest BCUT2D eigenvalue weighted by Crippen LogP contribution is 2.09. The molecule has 1 N–H and O–H groups in total. The summed E-state index contributed by atoms with van der Waals surface area (Å²) in [6, 6.07) is 0.180. The third-order valence-corrected chi connectivity index (χ3v) is 2.17. The predicted molar refractivity (Wildman–Crippen MR) is 51.2 cm³/mol. The van der Waals surface area contributed by atoms with Crippen molar-refractivity contribution in [3.05, 3.63) is 0 Å². The van der Waals surface area contributed by atoms with Gasteiger partial charge in [0.05, 0.1) is 6.54 Å². The zero-order valence-corrected chi connectivity index (χ0v) is 8.85. The number of rotatable bonds is 6. The lowest BCUT2D eigenvalue weighted by molar-refractivity contribution is 0.0692. The maximum Gasteiger partial charge on any atom is 0.251 e. The van der Waals surface area contributed by atoms with Crippen LogP contribution in [0.4, 0.5) is 8.78 Å². The van der Waals surface area contributed by atoms with Gasteiger partial charge in [-0.2, -0.15) is 0 Å². The molecule has 0 amide bonds. The molecule has 1 atom stereocenters. The zero-order valence-electron chi connectivity index (χ0n) is 8.85. The minimum absolute atomic E-state index is 0.148. The average molecular weight is 194 g/mol. The predicted octanol–water partition coefficient (Wildman–Crippen LogP) is 1.43. The van der Waals surface area contributed by atoms with E-state index in [1.54, 1.807) is 11.9 Å². The summed E-state index contributed by atoms with van der Waals surface area (Å²) < 4.78 is 24.2. The largest absolute Gasteiger partial charge is 0.318 e. The van der Waals surface area contributed by atoms with E-state index in [0.717, 1.165) is 6.54 Å².